The van der Waals surface area contributed by atoms with Gasteiger partial charge in [-0.1, -0.05) is 12.1 Å². The molecule has 2 rings (SSSR count). The number of methoxy groups -OCH3 is 1. The maximum atomic E-state index is 12.0. The standard InChI is InChI=1S/C14H16O6S/c1-9(15)19-12-8-21-13(20-12)7-18-14(16)10-5-3-4-6-11(10)17-2/h3-6,12-13H,7-8H2,1-2H3. The van der Waals surface area contributed by atoms with E-state index in [2.05, 4.69) is 0 Å². The Balaban J connectivity index is 1.83. The number of benzene rings is 1. The van der Waals surface area contributed by atoms with Crippen molar-refractivity contribution in [3.8, 4) is 5.75 Å². The lowest BCUT2D eigenvalue weighted by atomic mass is 10.2. The van der Waals surface area contributed by atoms with Crippen molar-refractivity contribution in [1.82, 2.24) is 0 Å². The lowest BCUT2D eigenvalue weighted by Gasteiger charge is -2.13. The summed E-state index contributed by atoms with van der Waals surface area (Å²) < 4.78 is 20.7. The molecule has 0 amide bonds. The van der Waals surface area contributed by atoms with Gasteiger partial charge in [-0.15, -0.1) is 11.8 Å². The first kappa shape index (κ1) is 15.7. The van der Waals surface area contributed by atoms with E-state index in [-0.39, 0.29) is 12.0 Å². The average Bonchev–Trinajstić information content (AvgIpc) is 2.91. The number of carbonyl (C=O) groups excluding carboxylic acids is 2. The summed E-state index contributed by atoms with van der Waals surface area (Å²) in [5.41, 5.74) is 0.0209. The SMILES string of the molecule is COc1ccccc1C(=O)OCC1OC(OC(C)=O)CS1. The lowest BCUT2D eigenvalue weighted by molar-refractivity contribution is -0.172. The van der Waals surface area contributed by atoms with E-state index in [1.807, 2.05) is 0 Å². The van der Waals surface area contributed by atoms with Gasteiger partial charge in [0.1, 0.15) is 23.4 Å². The quantitative estimate of drug-likeness (QED) is 0.768. The summed E-state index contributed by atoms with van der Waals surface area (Å²) in [6, 6.07) is 6.82. The Hall–Kier alpha value is -1.73. The molecule has 0 radical (unpaired) electrons. The van der Waals surface area contributed by atoms with Gasteiger partial charge in [-0.3, -0.25) is 4.79 Å². The molecular weight excluding hydrogens is 296 g/mol. The van der Waals surface area contributed by atoms with Crippen molar-refractivity contribution in [2.45, 2.75) is 18.6 Å². The number of thioether (sulfide) groups is 1. The molecule has 6 nitrogen and oxygen atoms in total. The Morgan fingerprint density at radius 2 is 2.14 bits per heavy atom. The topological polar surface area (TPSA) is 71.1 Å². The third kappa shape index (κ3) is 4.37. The van der Waals surface area contributed by atoms with Crippen LogP contribution in [0.2, 0.25) is 0 Å². The van der Waals surface area contributed by atoms with Gasteiger partial charge in [0.05, 0.1) is 12.9 Å². The van der Waals surface area contributed by atoms with Gasteiger partial charge in [0, 0.05) is 6.92 Å². The van der Waals surface area contributed by atoms with E-state index in [1.165, 1.54) is 25.8 Å². The maximum absolute atomic E-state index is 12.0. The molecule has 1 fully saturated rings. The third-order valence-electron chi connectivity index (χ3n) is 2.70. The lowest BCUT2D eigenvalue weighted by Crippen LogP contribution is -2.22. The molecule has 0 aromatic heterocycles. The van der Waals surface area contributed by atoms with Crippen LogP contribution in [0.3, 0.4) is 0 Å². The molecule has 0 spiro atoms. The number of hydrogen-bond acceptors (Lipinski definition) is 7. The van der Waals surface area contributed by atoms with Crippen LogP contribution in [0.4, 0.5) is 0 Å². The molecule has 0 bridgehead atoms. The maximum Gasteiger partial charge on any atom is 0.342 e. The molecule has 2 unspecified atom stereocenters. The number of carbonyl (C=O) groups is 2. The Bertz CT molecular complexity index is 518. The fourth-order valence-corrected chi connectivity index (χ4v) is 2.69. The molecule has 2 atom stereocenters. The zero-order valence-corrected chi connectivity index (χ0v) is 12.6. The van der Waals surface area contributed by atoms with Gasteiger partial charge in [0.15, 0.2) is 0 Å². The predicted octanol–water partition coefficient (Wildman–Crippen LogP) is 1.83. The second-order valence-corrected chi connectivity index (χ2v) is 5.43. The van der Waals surface area contributed by atoms with Crippen molar-refractivity contribution in [1.29, 1.82) is 0 Å². The number of rotatable bonds is 5. The highest BCUT2D eigenvalue weighted by molar-refractivity contribution is 8.00. The van der Waals surface area contributed by atoms with Gasteiger partial charge in [-0.05, 0) is 12.1 Å². The van der Waals surface area contributed by atoms with E-state index in [0.29, 0.717) is 17.1 Å². The molecule has 0 N–H and O–H groups in total. The molecule has 0 aliphatic carbocycles. The van der Waals surface area contributed by atoms with E-state index in [0.717, 1.165) is 0 Å². The summed E-state index contributed by atoms with van der Waals surface area (Å²) in [7, 11) is 1.49. The van der Waals surface area contributed by atoms with Crippen LogP contribution in [0.25, 0.3) is 0 Å². The summed E-state index contributed by atoms with van der Waals surface area (Å²) in [4.78, 5) is 22.8. The van der Waals surface area contributed by atoms with Crippen LogP contribution in [-0.2, 0) is 19.0 Å². The van der Waals surface area contributed by atoms with Crippen molar-refractivity contribution >= 4 is 23.7 Å². The second-order valence-electron chi connectivity index (χ2n) is 4.24. The van der Waals surface area contributed by atoms with Crippen LogP contribution in [0, 0.1) is 0 Å². The van der Waals surface area contributed by atoms with Gasteiger partial charge in [-0.25, -0.2) is 4.79 Å². The molecule has 1 saturated heterocycles. The molecule has 0 saturated carbocycles. The molecule has 21 heavy (non-hydrogen) atoms. The number of ether oxygens (including phenoxy) is 4. The highest BCUT2D eigenvalue weighted by Gasteiger charge is 2.29. The summed E-state index contributed by atoms with van der Waals surface area (Å²) in [5.74, 6) is 0.108. The van der Waals surface area contributed by atoms with Crippen LogP contribution in [0.1, 0.15) is 17.3 Å². The number of hydrogen-bond donors (Lipinski definition) is 0. The molecule has 1 aliphatic rings. The van der Waals surface area contributed by atoms with Gasteiger partial charge >= 0.3 is 11.9 Å². The first-order valence-corrected chi connectivity index (χ1v) is 7.39. The van der Waals surface area contributed by atoms with Crippen LogP contribution in [0.15, 0.2) is 24.3 Å². The van der Waals surface area contributed by atoms with Gasteiger partial charge in [0.2, 0.25) is 6.29 Å². The zero-order chi connectivity index (χ0) is 15.2. The van der Waals surface area contributed by atoms with Crippen molar-refractivity contribution in [3.63, 3.8) is 0 Å². The second kappa shape index (κ2) is 7.33. The third-order valence-corrected chi connectivity index (χ3v) is 3.78. The fourth-order valence-electron chi connectivity index (χ4n) is 1.80. The van der Waals surface area contributed by atoms with Crippen molar-refractivity contribution in [3.05, 3.63) is 29.8 Å². The van der Waals surface area contributed by atoms with Crippen LogP contribution >= 0.6 is 11.8 Å². The Kier molecular flexibility index (Phi) is 5.46. The summed E-state index contributed by atoms with van der Waals surface area (Å²) in [6.07, 6.45) is -0.581. The Morgan fingerprint density at radius 3 is 2.86 bits per heavy atom. The molecule has 1 aromatic carbocycles. The first-order valence-electron chi connectivity index (χ1n) is 6.34. The van der Waals surface area contributed by atoms with Crippen LogP contribution in [-0.4, -0.2) is 43.1 Å². The molecule has 7 heteroatoms. The number of para-hydroxylation sites is 1. The molecule has 1 aliphatic heterocycles. The smallest absolute Gasteiger partial charge is 0.342 e. The van der Waals surface area contributed by atoms with Gasteiger partial charge in [0.25, 0.3) is 0 Å². The van der Waals surface area contributed by atoms with E-state index < -0.39 is 18.2 Å². The van der Waals surface area contributed by atoms with Crippen molar-refractivity contribution in [2.75, 3.05) is 19.5 Å². The summed E-state index contributed by atoms with van der Waals surface area (Å²) in [5, 5.41) is 0. The number of esters is 2. The van der Waals surface area contributed by atoms with Crippen molar-refractivity contribution < 1.29 is 28.5 Å². The van der Waals surface area contributed by atoms with Crippen LogP contribution in [0.5, 0.6) is 5.75 Å². The summed E-state index contributed by atoms with van der Waals surface area (Å²) in [6.45, 7) is 1.41. The minimum atomic E-state index is -0.581. The van der Waals surface area contributed by atoms with E-state index in [4.69, 9.17) is 18.9 Å². The Labute approximate surface area is 126 Å². The van der Waals surface area contributed by atoms with E-state index >= 15 is 0 Å². The van der Waals surface area contributed by atoms with E-state index in [9.17, 15) is 9.59 Å². The van der Waals surface area contributed by atoms with Gasteiger partial charge in [-0.2, -0.15) is 0 Å². The van der Waals surface area contributed by atoms with Gasteiger partial charge < -0.3 is 18.9 Å². The fraction of sp³-hybridized carbons (Fsp3) is 0.429. The Morgan fingerprint density at radius 1 is 1.38 bits per heavy atom. The highest BCUT2D eigenvalue weighted by Crippen LogP contribution is 2.27. The summed E-state index contributed by atoms with van der Waals surface area (Å²) >= 11 is 1.43. The minimum Gasteiger partial charge on any atom is -0.496 e. The largest absolute Gasteiger partial charge is 0.496 e. The predicted molar refractivity (Wildman–Crippen MR) is 76.2 cm³/mol. The normalized spacial score (nSPS) is 20.9. The molecule has 1 aromatic rings. The highest BCUT2D eigenvalue weighted by atomic mass is 32.2. The van der Waals surface area contributed by atoms with Crippen LogP contribution < -0.4 is 4.74 Å². The zero-order valence-electron chi connectivity index (χ0n) is 11.7. The van der Waals surface area contributed by atoms with E-state index in [1.54, 1.807) is 24.3 Å². The average molecular weight is 312 g/mol. The minimum absolute atomic E-state index is 0.0827. The molecule has 1 heterocycles. The monoisotopic (exact) mass is 312 g/mol. The first-order chi connectivity index (χ1) is 10.1. The molecular formula is C14H16O6S. The van der Waals surface area contributed by atoms with Crippen molar-refractivity contribution in [2.24, 2.45) is 0 Å². The molecule has 114 valence electrons.